The topological polar surface area (TPSA) is 22.0 Å². The molecular weight excluding hydrogens is 322 g/mol. The number of aromatic nitrogens is 1. The fraction of sp³-hybridized carbons (Fsp3) is 0.267. The van der Waals surface area contributed by atoms with Gasteiger partial charge in [0.1, 0.15) is 0 Å². The van der Waals surface area contributed by atoms with Gasteiger partial charge in [-0.25, -0.2) is 0 Å². The van der Waals surface area contributed by atoms with E-state index in [4.69, 9.17) is 0 Å². The highest BCUT2D eigenvalue weighted by Crippen LogP contribution is 2.24. The molecule has 0 amide bonds. The number of aryl methyl sites for hydroxylation is 1. The molecule has 2 aromatic rings. The number of rotatable bonds is 4. The third-order valence-electron chi connectivity index (χ3n) is 3.24. The molecule has 0 unspecified atom stereocenters. The number of hydrogen-bond acceptors (Lipinski definition) is 2. The molecule has 100 valence electrons. The minimum Gasteiger partial charge on any atom is -0.351 e. The Bertz CT molecular complexity index is 619. The van der Waals surface area contributed by atoms with Crippen LogP contribution in [-0.4, -0.2) is 16.1 Å². The second kappa shape index (κ2) is 5.97. The number of halogens is 1. The van der Waals surface area contributed by atoms with Gasteiger partial charge in [0, 0.05) is 33.4 Å². The largest absolute Gasteiger partial charge is 0.351 e. The molecule has 0 aliphatic heterocycles. The number of benzene rings is 1. The predicted molar refractivity (Wildman–Crippen MR) is 84.1 cm³/mol. The molecule has 0 bridgehead atoms. The molecule has 2 nitrogen and oxygen atoms in total. The Kier molecular flexibility index (Phi) is 4.53. The maximum Gasteiger partial charge on any atom is 0.174 e. The maximum atomic E-state index is 12.2. The second-order valence-electron chi connectivity index (χ2n) is 4.51. The van der Waals surface area contributed by atoms with Crippen LogP contribution in [0.1, 0.15) is 21.7 Å². The maximum absolute atomic E-state index is 12.2. The second-order valence-corrected chi connectivity index (χ2v) is 6.48. The van der Waals surface area contributed by atoms with Crippen LogP contribution in [0.4, 0.5) is 0 Å². The molecule has 1 aromatic carbocycles. The molecule has 0 aliphatic carbocycles. The summed E-state index contributed by atoms with van der Waals surface area (Å²) in [6.45, 7) is 4.01. The lowest BCUT2D eigenvalue weighted by Gasteiger charge is -2.03. The van der Waals surface area contributed by atoms with E-state index in [2.05, 4.69) is 20.5 Å². The molecule has 1 heterocycles. The molecule has 0 saturated carbocycles. The van der Waals surface area contributed by atoms with Crippen molar-refractivity contribution in [3.8, 4) is 0 Å². The number of hydrogen-bond donors (Lipinski definition) is 0. The van der Waals surface area contributed by atoms with Gasteiger partial charge in [0.05, 0.1) is 5.75 Å². The van der Waals surface area contributed by atoms with E-state index in [1.165, 1.54) is 0 Å². The highest BCUT2D eigenvalue weighted by atomic mass is 79.9. The highest BCUT2D eigenvalue weighted by Gasteiger charge is 2.14. The summed E-state index contributed by atoms with van der Waals surface area (Å²) in [5.41, 5.74) is 2.99. The number of thioether (sulfide) groups is 1. The summed E-state index contributed by atoms with van der Waals surface area (Å²) in [7, 11) is 1.99. The van der Waals surface area contributed by atoms with E-state index in [-0.39, 0.29) is 5.78 Å². The van der Waals surface area contributed by atoms with Crippen molar-refractivity contribution in [2.75, 3.05) is 5.75 Å². The average molecular weight is 338 g/mol. The van der Waals surface area contributed by atoms with Gasteiger partial charge in [-0.05, 0) is 38.1 Å². The lowest BCUT2D eigenvalue weighted by Crippen LogP contribution is -2.04. The normalized spacial score (nSPS) is 10.7. The molecule has 0 aliphatic rings. The first-order valence-corrected chi connectivity index (χ1v) is 7.81. The fourth-order valence-electron chi connectivity index (χ4n) is 1.92. The quantitative estimate of drug-likeness (QED) is 0.610. The lowest BCUT2D eigenvalue weighted by molar-refractivity contribution is 0.102. The molecule has 19 heavy (non-hydrogen) atoms. The Morgan fingerprint density at radius 3 is 2.63 bits per heavy atom. The first-order chi connectivity index (χ1) is 8.99. The summed E-state index contributed by atoms with van der Waals surface area (Å²) in [5.74, 6) is 0.659. The van der Waals surface area contributed by atoms with Crippen LogP contribution < -0.4 is 0 Å². The van der Waals surface area contributed by atoms with E-state index in [9.17, 15) is 4.79 Å². The summed E-state index contributed by atoms with van der Waals surface area (Å²) in [6, 6.07) is 9.98. The van der Waals surface area contributed by atoms with E-state index in [0.29, 0.717) is 5.75 Å². The van der Waals surface area contributed by atoms with Crippen molar-refractivity contribution in [1.82, 2.24) is 4.57 Å². The summed E-state index contributed by atoms with van der Waals surface area (Å²) in [4.78, 5) is 13.3. The van der Waals surface area contributed by atoms with Crippen molar-refractivity contribution in [3.05, 3.63) is 51.8 Å². The zero-order valence-corrected chi connectivity index (χ0v) is 13.6. The van der Waals surface area contributed by atoms with Crippen LogP contribution in [0.25, 0.3) is 0 Å². The molecular formula is C15H16BrNOS. The van der Waals surface area contributed by atoms with Gasteiger partial charge in [0.25, 0.3) is 0 Å². The molecule has 0 fully saturated rings. The van der Waals surface area contributed by atoms with Crippen molar-refractivity contribution in [3.63, 3.8) is 0 Å². The predicted octanol–water partition coefficient (Wildman–Crippen LogP) is 4.38. The molecule has 0 atom stereocenters. The monoisotopic (exact) mass is 337 g/mol. The van der Waals surface area contributed by atoms with Gasteiger partial charge in [0.2, 0.25) is 0 Å². The summed E-state index contributed by atoms with van der Waals surface area (Å²) in [5, 5.41) is 0. The van der Waals surface area contributed by atoms with Crippen LogP contribution in [-0.2, 0) is 7.05 Å². The Morgan fingerprint density at radius 2 is 2.05 bits per heavy atom. The van der Waals surface area contributed by atoms with Crippen molar-refractivity contribution in [2.45, 2.75) is 18.7 Å². The number of carbonyl (C=O) groups is 1. The van der Waals surface area contributed by atoms with Gasteiger partial charge in [-0.3, -0.25) is 4.79 Å². The lowest BCUT2D eigenvalue weighted by atomic mass is 10.2. The van der Waals surface area contributed by atoms with Gasteiger partial charge < -0.3 is 4.57 Å². The van der Waals surface area contributed by atoms with Crippen LogP contribution in [0.3, 0.4) is 0 Å². The Morgan fingerprint density at radius 1 is 1.32 bits per heavy atom. The van der Waals surface area contributed by atoms with Crippen LogP contribution in [0, 0.1) is 13.8 Å². The van der Waals surface area contributed by atoms with Crippen molar-refractivity contribution >= 4 is 33.5 Å². The molecule has 1 aromatic heterocycles. The van der Waals surface area contributed by atoms with Crippen LogP contribution >= 0.6 is 27.7 Å². The Balaban J connectivity index is 2.07. The van der Waals surface area contributed by atoms with Gasteiger partial charge in [0.15, 0.2) is 5.78 Å². The molecule has 4 heteroatoms. The van der Waals surface area contributed by atoms with E-state index < -0.39 is 0 Å². The minimum absolute atomic E-state index is 0.186. The SMILES string of the molecule is Cc1cc(C(=O)CSc2cccc(Br)c2)c(C)n1C. The first kappa shape index (κ1) is 14.4. The van der Waals surface area contributed by atoms with Crippen molar-refractivity contribution < 1.29 is 4.79 Å². The molecule has 0 N–H and O–H groups in total. The first-order valence-electron chi connectivity index (χ1n) is 6.03. The molecule has 0 saturated heterocycles. The third-order valence-corrected chi connectivity index (χ3v) is 4.73. The van der Waals surface area contributed by atoms with Crippen molar-refractivity contribution in [2.24, 2.45) is 7.05 Å². The number of Topliss-reactive ketones (excluding diaryl/α,β-unsaturated/α-hetero) is 1. The molecule has 0 spiro atoms. The highest BCUT2D eigenvalue weighted by molar-refractivity contribution is 9.10. The van der Waals surface area contributed by atoms with Gasteiger partial charge in [-0.2, -0.15) is 0 Å². The van der Waals surface area contributed by atoms with E-state index in [1.807, 2.05) is 51.2 Å². The van der Waals surface area contributed by atoms with Gasteiger partial charge in [-0.15, -0.1) is 11.8 Å². The van der Waals surface area contributed by atoms with Gasteiger partial charge in [-0.1, -0.05) is 22.0 Å². The summed E-state index contributed by atoms with van der Waals surface area (Å²) >= 11 is 5.01. The number of ketones is 1. The summed E-state index contributed by atoms with van der Waals surface area (Å²) in [6.07, 6.45) is 0. The third kappa shape index (κ3) is 3.31. The zero-order valence-electron chi connectivity index (χ0n) is 11.2. The summed E-state index contributed by atoms with van der Waals surface area (Å²) < 4.78 is 3.09. The number of carbonyl (C=O) groups excluding carboxylic acids is 1. The zero-order chi connectivity index (χ0) is 14.0. The fourth-order valence-corrected chi connectivity index (χ4v) is 3.31. The van der Waals surface area contributed by atoms with E-state index in [1.54, 1.807) is 11.8 Å². The van der Waals surface area contributed by atoms with Crippen LogP contribution in [0.5, 0.6) is 0 Å². The van der Waals surface area contributed by atoms with Crippen LogP contribution in [0.15, 0.2) is 39.7 Å². The average Bonchev–Trinajstić information content (AvgIpc) is 2.64. The molecule has 0 radical (unpaired) electrons. The van der Waals surface area contributed by atoms with E-state index in [0.717, 1.165) is 26.3 Å². The standard InChI is InChI=1S/C15H16BrNOS/c1-10-7-14(11(2)17(10)3)15(18)9-19-13-6-4-5-12(16)8-13/h4-8H,9H2,1-3H3. The van der Waals surface area contributed by atoms with E-state index >= 15 is 0 Å². The van der Waals surface area contributed by atoms with Gasteiger partial charge >= 0.3 is 0 Å². The molecule has 2 rings (SSSR count). The Hall–Kier alpha value is -1.00. The minimum atomic E-state index is 0.186. The number of nitrogens with zero attached hydrogens (tertiary/aromatic N) is 1. The Labute approximate surface area is 126 Å². The van der Waals surface area contributed by atoms with Crippen LogP contribution in [0.2, 0.25) is 0 Å². The van der Waals surface area contributed by atoms with Crippen molar-refractivity contribution in [1.29, 1.82) is 0 Å². The smallest absolute Gasteiger partial charge is 0.174 e.